The van der Waals surface area contributed by atoms with Crippen LogP contribution in [0.1, 0.15) is 26.5 Å². The van der Waals surface area contributed by atoms with Gasteiger partial charge in [-0.3, -0.25) is 4.79 Å². The summed E-state index contributed by atoms with van der Waals surface area (Å²) < 4.78 is 0. The van der Waals surface area contributed by atoms with Crippen molar-refractivity contribution in [2.24, 2.45) is 5.41 Å². The van der Waals surface area contributed by atoms with Crippen molar-refractivity contribution in [2.45, 2.75) is 27.7 Å². The summed E-state index contributed by atoms with van der Waals surface area (Å²) in [6.45, 7) is 7.25. The van der Waals surface area contributed by atoms with Gasteiger partial charge in [0.05, 0.1) is 11.4 Å². The summed E-state index contributed by atoms with van der Waals surface area (Å²) in [5, 5.41) is 2.68. The largest absolute Gasteiger partial charge is 0.394 e. The first-order chi connectivity index (χ1) is 6.82. The van der Waals surface area contributed by atoms with Gasteiger partial charge in [-0.15, -0.1) is 0 Å². The molecule has 15 heavy (non-hydrogen) atoms. The van der Waals surface area contributed by atoms with E-state index in [1.54, 1.807) is 6.92 Å². The van der Waals surface area contributed by atoms with Crippen LogP contribution in [0.4, 0.5) is 11.5 Å². The van der Waals surface area contributed by atoms with E-state index in [9.17, 15) is 4.79 Å². The van der Waals surface area contributed by atoms with E-state index in [1.807, 2.05) is 20.8 Å². The first-order valence-electron chi connectivity index (χ1n) is 4.71. The molecule has 0 saturated heterocycles. The van der Waals surface area contributed by atoms with Crippen molar-refractivity contribution < 1.29 is 4.79 Å². The van der Waals surface area contributed by atoms with Crippen LogP contribution in [0.3, 0.4) is 0 Å². The highest BCUT2D eigenvalue weighted by atomic mass is 16.2. The molecule has 82 valence electrons. The van der Waals surface area contributed by atoms with Gasteiger partial charge in [0, 0.05) is 5.41 Å². The number of amides is 1. The van der Waals surface area contributed by atoms with Gasteiger partial charge < -0.3 is 11.1 Å². The Balaban J connectivity index is 2.91. The maximum Gasteiger partial charge on any atom is 0.230 e. The van der Waals surface area contributed by atoms with Crippen molar-refractivity contribution in [1.82, 2.24) is 9.97 Å². The lowest BCUT2D eigenvalue weighted by atomic mass is 9.96. The SMILES string of the molecule is Cc1ncnc(NC(=O)C(C)(C)C)c1N. The molecule has 0 spiro atoms. The average Bonchev–Trinajstić information content (AvgIpc) is 2.11. The van der Waals surface area contributed by atoms with Gasteiger partial charge in [0.2, 0.25) is 5.91 Å². The van der Waals surface area contributed by atoms with Gasteiger partial charge in [0.15, 0.2) is 5.82 Å². The number of nitrogens with two attached hydrogens (primary N) is 1. The maximum absolute atomic E-state index is 11.7. The molecule has 5 nitrogen and oxygen atoms in total. The first-order valence-corrected chi connectivity index (χ1v) is 4.71. The third kappa shape index (κ3) is 2.65. The quantitative estimate of drug-likeness (QED) is 0.730. The fourth-order valence-electron chi connectivity index (χ4n) is 0.878. The summed E-state index contributed by atoms with van der Waals surface area (Å²) in [7, 11) is 0. The molecule has 0 aliphatic heterocycles. The third-order valence-corrected chi connectivity index (χ3v) is 2.00. The molecule has 0 atom stereocenters. The lowest BCUT2D eigenvalue weighted by Crippen LogP contribution is -2.28. The normalized spacial score (nSPS) is 11.2. The Labute approximate surface area is 89.1 Å². The molecule has 0 bridgehead atoms. The molecule has 3 N–H and O–H groups in total. The van der Waals surface area contributed by atoms with Crippen LogP contribution in [-0.2, 0) is 4.79 Å². The summed E-state index contributed by atoms with van der Waals surface area (Å²) in [5.41, 5.74) is 6.34. The summed E-state index contributed by atoms with van der Waals surface area (Å²) in [6.07, 6.45) is 1.38. The number of nitrogens with one attached hydrogen (secondary N) is 1. The van der Waals surface area contributed by atoms with Crippen molar-refractivity contribution in [3.63, 3.8) is 0 Å². The van der Waals surface area contributed by atoms with Crippen molar-refractivity contribution in [3.05, 3.63) is 12.0 Å². The number of anilines is 2. The van der Waals surface area contributed by atoms with E-state index < -0.39 is 5.41 Å². The lowest BCUT2D eigenvalue weighted by Gasteiger charge is -2.18. The Morgan fingerprint density at radius 2 is 2.00 bits per heavy atom. The average molecular weight is 208 g/mol. The molecule has 0 radical (unpaired) electrons. The van der Waals surface area contributed by atoms with Gasteiger partial charge in [0.25, 0.3) is 0 Å². The minimum absolute atomic E-state index is 0.118. The van der Waals surface area contributed by atoms with Gasteiger partial charge >= 0.3 is 0 Å². The monoisotopic (exact) mass is 208 g/mol. The molecule has 1 aromatic rings. The highest BCUT2D eigenvalue weighted by Gasteiger charge is 2.22. The standard InChI is InChI=1S/C10H16N4O/c1-6-7(11)8(13-5-12-6)14-9(15)10(2,3)4/h5H,11H2,1-4H3,(H,12,13,14,15). The van der Waals surface area contributed by atoms with Crippen LogP contribution in [0.25, 0.3) is 0 Å². The Bertz CT molecular complexity index is 381. The van der Waals surface area contributed by atoms with Crippen LogP contribution in [0, 0.1) is 12.3 Å². The summed E-state index contributed by atoms with van der Waals surface area (Å²) in [5.74, 6) is 0.259. The Morgan fingerprint density at radius 3 is 2.53 bits per heavy atom. The second-order valence-electron chi connectivity index (χ2n) is 4.43. The number of nitrogen functional groups attached to an aromatic ring is 1. The number of carbonyl (C=O) groups excluding carboxylic acids is 1. The number of carbonyl (C=O) groups is 1. The molecule has 5 heteroatoms. The second kappa shape index (κ2) is 3.84. The van der Waals surface area contributed by atoms with Crippen LogP contribution >= 0.6 is 0 Å². The van der Waals surface area contributed by atoms with Crippen molar-refractivity contribution in [2.75, 3.05) is 11.1 Å². The predicted octanol–water partition coefficient (Wildman–Crippen LogP) is 1.35. The molecule has 1 amide bonds. The first kappa shape index (κ1) is 11.4. The van der Waals surface area contributed by atoms with Gasteiger partial charge in [0.1, 0.15) is 6.33 Å². The van der Waals surface area contributed by atoms with E-state index in [2.05, 4.69) is 15.3 Å². The zero-order chi connectivity index (χ0) is 11.6. The summed E-state index contributed by atoms with van der Waals surface area (Å²) in [4.78, 5) is 19.5. The minimum Gasteiger partial charge on any atom is -0.394 e. The molecule has 0 fully saturated rings. The molecule has 0 aromatic carbocycles. The van der Waals surface area contributed by atoms with Crippen LogP contribution in [0.2, 0.25) is 0 Å². The fourth-order valence-corrected chi connectivity index (χ4v) is 0.878. The molecular formula is C10H16N4O. The molecule has 1 aromatic heterocycles. The Morgan fingerprint density at radius 1 is 1.40 bits per heavy atom. The molecule has 1 heterocycles. The molecule has 0 unspecified atom stereocenters. The second-order valence-corrected chi connectivity index (χ2v) is 4.43. The topological polar surface area (TPSA) is 80.9 Å². The number of hydrogen-bond acceptors (Lipinski definition) is 4. The lowest BCUT2D eigenvalue weighted by molar-refractivity contribution is -0.123. The fraction of sp³-hybridized carbons (Fsp3) is 0.500. The molecule has 0 aliphatic rings. The number of nitrogens with zero attached hydrogens (tertiary/aromatic N) is 2. The zero-order valence-corrected chi connectivity index (χ0v) is 9.46. The highest BCUT2D eigenvalue weighted by molar-refractivity contribution is 5.96. The van der Waals surface area contributed by atoms with Gasteiger partial charge in [-0.1, -0.05) is 20.8 Å². The van der Waals surface area contributed by atoms with E-state index in [0.29, 0.717) is 17.2 Å². The van der Waals surface area contributed by atoms with Gasteiger partial charge in [-0.05, 0) is 6.92 Å². The summed E-state index contributed by atoms with van der Waals surface area (Å²) in [6, 6.07) is 0. The van der Waals surface area contributed by atoms with E-state index in [4.69, 9.17) is 5.73 Å². The Kier molecular flexibility index (Phi) is 2.93. The van der Waals surface area contributed by atoms with Crippen molar-refractivity contribution in [3.8, 4) is 0 Å². The van der Waals surface area contributed by atoms with E-state index in [0.717, 1.165) is 0 Å². The highest BCUT2D eigenvalue weighted by Crippen LogP contribution is 2.20. The number of hydrogen-bond donors (Lipinski definition) is 2. The van der Waals surface area contributed by atoms with Crippen LogP contribution in [-0.4, -0.2) is 15.9 Å². The molecule has 0 aliphatic carbocycles. The molecule has 1 rings (SSSR count). The van der Waals surface area contributed by atoms with Crippen LogP contribution in [0.5, 0.6) is 0 Å². The Hall–Kier alpha value is -1.65. The molecular weight excluding hydrogens is 192 g/mol. The van der Waals surface area contributed by atoms with Gasteiger partial charge in [-0.25, -0.2) is 9.97 Å². The third-order valence-electron chi connectivity index (χ3n) is 2.00. The number of aryl methyl sites for hydroxylation is 1. The summed E-state index contributed by atoms with van der Waals surface area (Å²) >= 11 is 0. The van der Waals surface area contributed by atoms with E-state index in [1.165, 1.54) is 6.33 Å². The predicted molar refractivity (Wildman–Crippen MR) is 59.3 cm³/mol. The smallest absolute Gasteiger partial charge is 0.230 e. The number of aromatic nitrogens is 2. The van der Waals surface area contributed by atoms with Crippen molar-refractivity contribution >= 4 is 17.4 Å². The van der Waals surface area contributed by atoms with E-state index >= 15 is 0 Å². The number of rotatable bonds is 1. The van der Waals surface area contributed by atoms with Crippen LogP contribution in [0.15, 0.2) is 6.33 Å². The minimum atomic E-state index is -0.467. The zero-order valence-electron chi connectivity index (χ0n) is 9.46. The van der Waals surface area contributed by atoms with E-state index in [-0.39, 0.29) is 5.91 Å². The van der Waals surface area contributed by atoms with Crippen LogP contribution < -0.4 is 11.1 Å². The molecule has 0 saturated carbocycles. The van der Waals surface area contributed by atoms with Crippen molar-refractivity contribution in [1.29, 1.82) is 0 Å². The maximum atomic E-state index is 11.7. The van der Waals surface area contributed by atoms with Gasteiger partial charge in [-0.2, -0.15) is 0 Å².